The first kappa shape index (κ1) is 12.6. The molecular weight excluding hydrogens is 280 g/mol. The molecule has 4 rings (SSSR count). The topological polar surface area (TPSA) is 67.5 Å². The molecule has 1 aliphatic carbocycles. The summed E-state index contributed by atoms with van der Waals surface area (Å²) in [5, 5.41) is 10.1. The van der Waals surface area contributed by atoms with Gasteiger partial charge < -0.3 is 9.52 Å². The zero-order valence-corrected chi connectivity index (χ0v) is 11.4. The van der Waals surface area contributed by atoms with Crippen LogP contribution < -0.4 is 0 Å². The predicted octanol–water partition coefficient (Wildman–Crippen LogP) is 3.43. The van der Waals surface area contributed by atoms with Crippen LogP contribution in [-0.2, 0) is 0 Å². The van der Waals surface area contributed by atoms with E-state index in [2.05, 4.69) is 0 Å². The fourth-order valence-corrected chi connectivity index (χ4v) is 2.84. The summed E-state index contributed by atoms with van der Waals surface area (Å²) in [6.07, 6.45) is 1.50. The maximum absolute atomic E-state index is 12.8. The van der Waals surface area contributed by atoms with Crippen molar-refractivity contribution in [2.75, 3.05) is 0 Å². The Labute approximate surface area is 125 Å². The molecule has 1 N–H and O–H groups in total. The number of rotatable bonds is 1. The number of benzene rings is 2. The van der Waals surface area contributed by atoms with Crippen LogP contribution in [0.15, 0.2) is 59.2 Å². The van der Waals surface area contributed by atoms with E-state index in [9.17, 15) is 14.7 Å². The number of phenols is 1. The van der Waals surface area contributed by atoms with Crippen molar-refractivity contribution in [1.29, 1.82) is 0 Å². The Morgan fingerprint density at radius 3 is 2.05 bits per heavy atom. The molecule has 1 aliphatic rings. The van der Waals surface area contributed by atoms with Crippen molar-refractivity contribution >= 4 is 11.6 Å². The van der Waals surface area contributed by atoms with Crippen molar-refractivity contribution in [2.24, 2.45) is 0 Å². The average Bonchev–Trinajstić information content (AvgIpc) is 3.06. The second kappa shape index (κ2) is 4.43. The maximum Gasteiger partial charge on any atom is 0.198 e. The first-order chi connectivity index (χ1) is 10.7. The molecule has 1 aromatic heterocycles. The van der Waals surface area contributed by atoms with Crippen LogP contribution in [-0.4, -0.2) is 16.7 Å². The van der Waals surface area contributed by atoms with Gasteiger partial charge in [-0.1, -0.05) is 24.3 Å². The smallest absolute Gasteiger partial charge is 0.198 e. The molecule has 0 bridgehead atoms. The molecule has 3 aromatic rings. The van der Waals surface area contributed by atoms with Gasteiger partial charge in [-0.3, -0.25) is 9.59 Å². The molecule has 0 saturated carbocycles. The summed E-state index contributed by atoms with van der Waals surface area (Å²) in [5.41, 5.74) is 1.40. The van der Waals surface area contributed by atoms with Gasteiger partial charge in [-0.2, -0.15) is 0 Å². The second-order valence-electron chi connectivity index (χ2n) is 5.06. The van der Waals surface area contributed by atoms with Gasteiger partial charge in [0, 0.05) is 22.3 Å². The van der Waals surface area contributed by atoms with Gasteiger partial charge in [-0.25, -0.2) is 0 Å². The largest absolute Gasteiger partial charge is 0.507 e. The lowest BCUT2D eigenvalue weighted by molar-refractivity contribution is 0.0977. The van der Waals surface area contributed by atoms with E-state index in [4.69, 9.17) is 4.42 Å². The first-order valence-corrected chi connectivity index (χ1v) is 6.77. The van der Waals surface area contributed by atoms with E-state index < -0.39 is 0 Å². The first-order valence-electron chi connectivity index (χ1n) is 6.77. The van der Waals surface area contributed by atoms with Gasteiger partial charge in [-0.15, -0.1) is 0 Å². The monoisotopic (exact) mass is 290 g/mol. The zero-order valence-electron chi connectivity index (χ0n) is 11.4. The van der Waals surface area contributed by atoms with Crippen molar-refractivity contribution in [3.05, 3.63) is 77.0 Å². The molecule has 0 amide bonds. The minimum absolute atomic E-state index is 0.0394. The molecule has 0 radical (unpaired) electrons. The van der Waals surface area contributed by atoms with E-state index in [0.29, 0.717) is 22.5 Å². The Bertz CT molecular complexity index is 920. The van der Waals surface area contributed by atoms with Crippen LogP contribution in [0.25, 0.3) is 11.3 Å². The molecule has 22 heavy (non-hydrogen) atoms. The third-order valence-electron chi connectivity index (χ3n) is 3.84. The molecule has 0 spiro atoms. The van der Waals surface area contributed by atoms with Gasteiger partial charge >= 0.3 is 0 Å². The standard InChI is InChI=1S/C18H10O4/c19-13-8-7-12(14-6-3-9-22-14)15-16(13)18(21)11-5-2-1-4-10(11)17(15)20/h1-9,19H. The lowest BCUT2D eigenvalue weighted by Crippen LogP contribution is -2.21. The Hall–Kier alpha value is -3.14. The minimum Gasteiger partial charge on any atom is -0.507 e. The van der Waals surface area contributed by atoms with E-state index in [-0.39, 0.29) is 28.4 Å². The Morgan fingerprint density at radius 2 is 1.41 bits per heavy atom. The van der Waals surface area contributed by atoms with Crippen LogP contribution in [0, 0.1) is 0 Å². The van der Waals surface area contributed by atoms with Gasteiger partial charge in [0.15, 0.2) is 11.6 Å². The van der Waals surface area contributed by atoms with Crippen LogP contribution >= 0.6 is 0 Å². The van der Waals surface area contributed by atoms with E-state index in [1.165, 1.54) is 12.3 Å². The molecule has 0 unspecified atom stereocenters. The summed E-state index contributed by atoms with van der Waals surface area (Å²) in [7, 11) is 0. The number of ketones is 2. The van der Waals surface area contributed by atoms with E-state index in [1.54, 1.807) is 42.5 Å². The molecule has 0 aliphatic heterocycles. The molecule has 0 saturated heterocycles. The van der Waals surface area contributed by atoms with Gasteiger partial charge in [0.1, 0.15) is 11.5 Å². The molecule has 4 nitrogen and oxygen atoms in total. The summed E-state index contributed by atoms with van der Waals surface area (Å²) in [6, 6.07) is 13.0. The summed E-state index contributed by atoms with van der Waals surface area (Å²) in [5.74, 6) is -0.349. The lowest BCUT2D eigenvalue weighted by Gasteiger charge is -2.20. The van der Waals surface area contributed by atoms with Crippen molar-refractivity contribution in [1.82, 2.24) is 0 Å². The van der Waals surface area contributed by atoms with Crippen molar-refractivity contribution < 1.29 is 19.1 Å². The average molecular weight is 290 g/mol. The normalized spacial score (nSPS) is 12.9. The van der Waals surface area contributed by atoms with Crippen LogP contribution in [0.4, 0.5) is 0 Å². The number of phenolic OH excluding ortho intramolecular Hbond substituents is 1. The molecular formula is C18H10O4. The molecule has 0 atom stereocenters. The van der Waals surface area contributed by atoms with E-state index in [1.807, 2.05) is 0 Å². The summed E-state index contributed by atoms with van der Waals surface area (Å²) in [4.78, 5) is 25.5. The second-order valence-corrected chi connectivity index (χ2v) is 5.06. The molecule has 1 heterocycles. The number of carbonyl (C=O) groups is 2. The molecule has 106 valence electrons. The van der Waals surface area contributed by atoms with Crippen LogP contribution in [0.1, 0.15) is 31.8 Å². The number of furan rings is 1. The highest BCUT2D eigenvalue weighted by Crippen LogP contribution is 2.38. The van der Waals surface area contributed by atoms with Crippen molar-refractivity contribution in [3.8, 4) is 17.1 Å². The van der Waals surface area contributed by atoms with Gasteiger partial charge in [0.2, 0.25) is 0 Å². The van der Waals surface area contributed by atoms with Crippen molar-refractivity contribution in [3.63, 3.8) is 0 Å². The van der Waals surface area contributed by atoms with Gasteiger partial charge in [0.25, 0.3) is 0 Å². The Balaban J connectivity index is 2.08. The molecule has 0 fully saturated rings. The predicted molar refractivity (Wildman–Crippen MR) is 79.1 cm³/mol. The van der Waals surface area contributed by atoms with Gasteiger partial charge in [-0.05, 0) is 24.3 Å². The van der Waals surface area contributed by atoms with Gasteiger partial charge in [0.05, 0.1) is 11.8 Å². The van der Waals surface area contributed by atoms with Crippen molar-refractivity contribution in [2.45, 2.75) is 0 Å². The minimum atomic E-state index is -0.351. The van der Waals surface area contributed by atoms with E-state index >= 15 is 0 Å². The SMILES string of the molecule is O=C1c2ccccc2C(=O)c2c(-c3ccco3)ccc(O)c21. The van der Waals surface area contributed by atoms with Crippen LogP contribution in [0.3, 0.4) is 0 Å². The number of fused-ring (bicyclic) bond motifs is 2. The number of hydrogen-bond acceptors (Lipinski definition) is 4. The lowest BCUT2D eigenvalue weighted by atomic mass is 9.81. The van der Waals surface area contributed by atoms with E-state index in [0.717, 1.165) is 0 Å². The fraction of sp³-hybridized carbons (Fsp3) is 0. The highest BCUT2D eigenvalue weighted by Gasteiger charge is 2.34. The third-order valence-corrected chi connectivity index (χ3v) is 3.84. The quantitative estimate of drug-likeness (QED) is 0.583. The Morgan fingerprint density at radius 1 is 0.727 bits per heavy atom. The number of aromatic hydroxyl groups is 1. The summed E-state index contributed by atoms with van der Waals surface area (Å²) in [6.45, 7) is 0. The number of carbonyl (C=O) groups excluding carboxylic acids is 2. The third kappa shape index (κ3) is 1.58. The van der Waals surface area contributed by atoms with Crippen LogP contribution in [0.2, 0.25) is 0 Å². The Kier molecular flexibility index (Phi) is 2.53. The zero-order chi connectivity index (χ0) is 15.3. The van der Waals surface area contributed by atoms with Crippen LogP contribution in [0.5, 0.6) is 5.75 Å². The molecule has 2 aromatic carbocycles. The maximum atomic E-state index is 12.8. The summed E-state index contributed by atoms with van der Waals surface area (Å²) < 4.78 is 5.35. The highest BCUT2D eigenvalue weighted by molar-refractivity contribution is 6.31. The highest BCUT2D eigenvalue weighted by atomic mass is 16.3. The fourth-order valence-electron chi connectivity index (χ4n) is 2.84. The number of hydrogen-bond donors (Lipinski definition) is 1. The summed E-state index contributed by atoms with van der Waals surface area (Å²) >= 11 is 0. The molecule has 4 heteroatoms.